The lowest BCUT2D eigenvalue weighted by Gasteiger charge is -2.45. The Morgan fingerprint density at radius 3 is 2.83 bits per heavy atom. The first-order valence-corrected chi connectivity index (χ1v) is 8.05. The van der Waals surface area contributed by atoms with E-state index in [1.165, 1.54) is 5.56 Å². The second-order valence-corrected chi connectivity index (χ2v) is 6.52. The van der Waals surface area contributed by atoms with E-state index in [9.17, 15) is 4.79 Å². The number of aromatic nitrogens is 3. The lowest BCUT2D eigenvalue weighted by Crippen LogP contribution is -2.61. The molecule has 1 aliphatic heterocycles. The van der Waals surface area contributed by atoms with E-state index in [-0.39, 0.29) is 5.91 Å². The molecule has 6 heteroatoms. The lowest BCUT2D eigenvalue weighted by molar-refractivity contribution is 0.0193. The van der Waals surface area contributed by atoms with E-state index in [1.54, 1.807) is 18.5 Å². The summed E-state index contributed by atoms with van der Waals surface area (Å²) >= 11 is 0. The summed E-state index contributed by atoms with van der Waals surface area (Å²) in [5.41, 5.74) is 1.78. The average molecular weight is 313 g/mol. The molecule has 1 saturated heterocycles. The van der Waals surface area contributed by atoms with Crippen molar-refractivity contribution in [1.82, 2.24) is 25.0 Å². The van der Waals surface area contributed by atoms with Crippen LogP contribution in [-0.4, -0.2) is 56.6 Å². The summed E-state index contributed by atoms with van der Waals surface area (Å²) in [6, 6.07) is 6.20. The zero-order chi connectivity index (χ0) is 16.2. The summed E-state index contributed by atoms with van der Waals surface area (Å²) in [6.07, 6.45) is 5.32. The van der Waals surface area contributed by atoms with Crippen molar-refractivity contribution in [2.24, 2.45) is 5.92 Å². The number of carbonyl (C=O) groups is 1. The Kier molecular flexibility index (Phi) is 4.71. The second-order valence-electron chi connectivity index (χ2n) is 6.52. The molecule has 0 saturated carbocycles. The number of amides is 1. The first-order valence-electron chi connectivity index (χ1n) is 8.05. The molecular weight excluding hydrogens is 290 g/mol. The van der Waals surface area contributed by atoms with Gasteiger partial charge in [0.1, 0.15) is 5.69 Å². The molecule has 2 aromatic heterocycles. The van der Waals surface area contributed by atoms with Crippen LogP contribution in [-0.2, 0) is 6.54 Å². The molecular formula is C17H23N5O. The SMILES string of the molecule is CC(C)CN(Cc1cccnc1)C1CN(C(=O)c2ccn[nH]2)C1. The Morgan fingerprint density at radius 2 is 2.22 bits per heavy atom. The van der Waals surface area contributed by atoms with E-state index in [2.05, 4.69) is 40.0 Å². The van der Waals surface area contributed by atoms with E-state index in [4.69, 9.17) is 0 Å². The Hall–Kier alpha value is -2.21. The molecule has 1 aliphatic rings. The number of hydrogen-bond donors (Lipinski definition) is 1. The Morgan fingerprint density at radius 1 is 1.39 bits per heavy atom. The average Bonchev–Trinajstić information content (AvgIpc) is 3.00. The van der Waals surface area contributed by atoms with Crippen molar-refractivity contribution in [1.29, 1.82) is 0 Å². The van der Waals surface area contributed by atoms with Gasteiger partial charge in [0, 0.05) is 50.8 Å². The van der Waals surface area contributed by atoms with Crippen LogP contribution in [0, 0.1) is 5.92 Å². The summed E-state index contributed by atoms with van der Waals surface area (Å²) in [5, 5.41) is 6.58. The molecule has 1 N–H and O–H groups in total. The van der Waals surface area contributed by atoms with E-state index >= 15 is 0 Å². The maximum Gasteiger partial charge on any atom is 0.271 e. The fourth-order valence-electron chi connectivity index (χ4n) is 2.94. The fourth-order valence-corrected chi connectivity index (χ4v) is 2.94. The number of hydrogen-bond acceptors (Lipinski definition) is 4. The second kappa shape index (κ2) is 6.91. The zero-order valence-electron chi connectivity index (χ0n) is 13.6. The summed E-state index contributed by atoms with van der Waals surface area (Å²) in [6.45, 7) is 7.88. The monoisotopic (exact) mass is 313 g/mol. The molecule has 2 aromatic rings. The summed E-state index contributed by atoms with van der Waals surface area (Å²) in [4.78, 5) is 20.8. The third-order valence-corrected chi connectivity index (χ3v) is 4.11. The molecule has 0 aliphatic carbocycles. The van der Waals surface area contributed by atoms with Crippen LogP contribution in [0.15, 0.2) is 36.8 Å². The number of H-pyrrole nitrogens is 1. The minimum absolute atomic E-state index is 0.0321. The van der Waals surface area contributed by atoms with E-state index in [0.29, 0.717) is 17.7 Å². The maximum atomic E-state index is 12.3. The molecule has 0 radical (unpaired) electrons. The Bertz CT molecular complexity index is 620. The third kappa shape index (κ3) is 3.76. The molecule has 122 valence electrons. The zero-order valence-corrected chi connectivity index (χ0v) is 13.6. The molecule has 0 atom stereocenters. The van der Waals surface area contributed by atoms with Gasteiger partial charge < -0.3 is 4.90 Å². The number of rotatable bonds is 6. The number of carbonyl (C=O) groups excluding carboxylic acids is 1. The van der Waals surface area contributed by atoms with E-state index in [0.717, 1.165) is 26.2 Å². The van der Waals surface area contributed by atoms with Crippen molar-refractivity contribution in [2.75, 3.05) is 19.6 Å². The molecule has 0 unspecified atom stereocenters. The van der Waals surface area contributed by atoms with Gasteiger partial charge in [0.2, 0.25) is 0 Å². The van der Waals surface area contributed by atoms with Crippen LogP contribution in [0.4, 0.5) is 0 Å². The molecule has 3 rings (SSSR count). The van der Waals surface area contributed by atoms with E-state index < -0.39 is 0 Å². The van der Waals surface area contributed by atoms with Crippen LogP contribution in [0.25, 0.3) is 0 Å². The number of aromatic amines is 1. The number of nitrogens with zero attached hydrogens (tertiary/aromatic N) is 4. The van der Waals surface area contributed by atoms with Gasteiger partial charge in [0.15, 0.2) is 0 Å². The van der Waals surface area contributed by atoms with Crippen molar-refractivity contribution in [3.05, 3.63) is 48.0 Å². The van der Waals surface area contributed by atoms with Crippen LogP contribution in [0.1, 0.15) is 29.9 Å². The highest BCUT2D eigenvalue weighted by Crippen LogP contribution is 2.20. The van der Waals surface area contributed by atoms with Gasteiger partial charge in [0.05, 0.1) is 0 Å². The van der Waals surface area contributed by atoms with Crippen molar-refractivity contribution >= 4 is 5.91 Å². The van der Waals surface area contributed by atoms with Crippen molar-refractivity contribution in [3.63, 3.8) is 0 Å². The normalized spacial score (nSPS) is 15.2. The lowest BCUT2D eigenvalue weighted by atomic mass is 10.0. The molecule has 0 spiro atoms. The Labute approximate surface area is 136 Å². The van der Waals surface area contributed by atoms with Crippen LogP contribution in [0.5, 0.6) is 0 Å². The van der Waals surface area contributed by atoms with Crippen molar-refractivity contribution in [2.45, 2.75) is 26.4 Å². The van der Waals surface area contributed by atoms with Crippen LogP contribution in [0.2, 0.25) is 0 Å². The van der Waals surface area contributed by atoms with Gasteiger partial charge in [-0.1, -0.05) is 19.9 Å². The Balaban J connectivity index is 1.60. The predicted molar refractivity (Wildman–Crippen MR) is 87.8 cm³/mol. The molecule has 1 fully saturated rings. The van der Waals surface area contributed by atoms with Gasteiger partial charge in [-0.25, -0.2) is 0 Å². The molecule has 0 aromatic carbocycles. The largest absolute Gasteiger partial charge is 0.334 e. The first kappa shape index (κ1) is 15.7. The molecule has 23 heavy (non-hydrogen) atoms. The van der Waals surface area contributed by atoms with Gasteiger partial charge in [0.25, 0.3) is 5.91 Å². The van der Waals surface area contributed by atoms with Gasteiger partial charge in [-0.2, -0.15) is 5.10 Å². The highest BCUT2D eigenvalue weighted by atomic mass is 16.2. The highest BCUT2D eigenvalue weighted by Gasteiger charge is 2.35. The molecule has 3 heterocycles. The van der Waals surface area contributed by atoms with Crippen LogP contribution >= 0.6 is 0 Å². The smallest absolute Gasteiger partial charge is 0.271 e. The van der Waals surface area contributed by atoms with Gasteiger partial charge in [-0.15, -0.1) is 0 Å². The highest BCUT2D eigenvalue weighted by molar-refractivity contribution is 5.92. The summed E-state index contributed by atoms with van der Waals surface area (Å²) in [7, 11) is 0. The van der Waals surface area contributed by atoms with Gasteiger partial charge in [-0.3, -0.25) is 19.8 Å². The van der Waals surface area contributed by atoms with Crippen molar-refractivity contribution in [3.8, 4) is 0 Å². The van der Waals surface area contributed by atoms with Gasteiger partial charge >= 0.3 is 0 Å². The summed E-state index contributed by atoms with van der Waals surface area (Å²) in [5.74, 6) is 0.619. The maximum absolute atomic E-state index is 12.3. The standard InChI is InChI=1S/C17H23N5O/c1-13(2)9-21(10-14-4-3-6-18-8-14)15-11-22(12-15)17(23)16-5-7-19-20-16/h3-8,13,15H,9-12H2,1-2H3,(H,19,20). The molecule has 1 amide bonds. The number of likely N-dealkylation sites (tertiary alicyclic amines) is 1. The molecule has 0 bridgehead atoms. The minimum Gasteiger partial charge on any atom is -0.334 e. The third-order valence-electron chi connectivity index (χ3n) is 4.11. The van der Waals surface area contributed by atoms with Crippen molar-refractivity contribution < 1.29 is 4.79 Å². The summed E-state index contributed by atoms with van der Waals surface area (Å²) < 4.78 is 0. The number of nitrogens with one attached hydrogen (secondary N) is 1. The van der Waals surface area contributed by atoms with Gasteiger partial charge in [-0.05, 0) is 23.6 Å². The van der Waals surface area contributed by atoms with Crippen LogP contribution < -0.4 is 0 Å². The molecule has 6 nitrogen and oxygen atoms in total. The number of pyridine rings is 1. The predicted octanol–water partition coefficient (Wildman–Crippen LogP) is 1.79. The fraction of sp³-hybridized carbons (Fsp3) is 0.471. The first-order chi connectivity index (χ1) is 11.1. The quantitative estimate of drug-likeness (QED) is 0.883. The topological polar surface area (TPSA) is 65.1 Å². The minimum atomic E-state index is 0.0321. The van der Waals surface area contributed by atoms with Crippen LogP contribution in [0.3, 0.4) is 0 Å². The van der Waals surface area contributed by atoms with E-state index in [1.807, 2.05) is 17.2 Å².